The van der Waals surface area contributed by atoms with Crippen LogP contribution in [-0.4, -0.2) is 36.2 Å². The zero-order valence-electron chi connectivity index (χ0n) is 14.7. The van der Waals surface area contributed by atoms with Crippen LogP contribution in [0.25, 0.3) is 0 Å². The van der Waals surface area contributed by atoms with Gasteiger partial charge in [-0.25, -0.2) is 8.78 Å². The summed E-state index contributed by atoms with van der Waals surface area (Å²) in [5, 5.41) is 14.4. The molecule has 2 rings (SSSR count). The molecule has 2 amide bonds. The number of halogens is 2. The van der Waals surface area contributed by atoms with E-state index in [4.69, 9.17) is 4.74 Å². The highest BCUT2D eigenvalue weighted by Crippen LogP contribution is 2.16. The Labute approximate surface area is 155 Å². The first-order valence-corrected chi connectivity index (χ1v) is 8.26. The van der Waals surface area contributed by atoms with Crippen LogP contribution in [0.3, 0.4) is 0 Å². The molecule has 8 heteroatoms. The molecule has 0 bridgehead atoms. The summed E-state index contributed by atoms with van der Waals surface area (Å²) in [5.74, 6) is -2.20. The van der Waals surface area contributed by atoms with Crippen LogP contribution in [-0.2, 0) is 9.59 Å². The zero-order valence-corrected chi connectivity index (χ0v) is 14.7. The quantitative estimate of drug-likeness (QED) is 0.657. The van der Waals surface area contributed by atoms with Crippen LogP contribution in [0.15, 0.2) is 42.5 Å². The number of aryl methyl sites for hydroxylation is 1. The molecular formula is C19H20F2N2O4. The van der Waals surface area contributed by atoms with E-state index in [-0.39, 0.29) is 25.3 Å². The average Bonchev–Trinajstić information content (AvgIpc) is 2.63. The number of aliphatic hydroxyl groups excluding tert-OH is 1. The lowest BCUT2D eigenvalue weighted by molar-refractivity contribution is -0.130. The maximum absolute atomic E-state index is 13.4. The number of carbonyl (C=O) groups is 2. The summed E-state index contributed by atoms with van der Waals surface area (Å²) in [5.41, 5.74) is 0.587. The van der Waals surface area contributed by atoms with Crippen LogP contribution in [0.1, 0.15) is 12.0 Å². The number of para-hydroxylation sites is 1. The third-order valence-electron chi connectivity index (χ3n) is 3.65. The van der Waals surface area contributed by atoms with Gasteiger partial charge in [0.2, 0.25) is 5.91 Å². The molecule has 0 fully saturated rings. The molecule has 0 saturated heterocycles. The second-order valence-electron chi connectivity index (χ2n) is 5.81. The normalized spacial score (nSPS) is 11.6. The van der Waals surface area contributed by atoms with Gasteiger partial charge in [0.05, 0.1) is 5.69 Å². The van der Waals surface area contributed by atoms with Crippen molar-refractivity contribution in [3.8, 4) is 5.75 Å². The van der Waals surface area contributed by atoms with Crippen LogP contribution < -0.4 is 15.4 Å². The number of amides is 2. The van der Waals surface area contributed by atoms with E-state index in [0.29, 0.717) is 5.75 Å². The number of rotatable bonds is 8. The van der Waals surface area contributed by atoms with Crippen molar-refractivity contribution in [3.05, 3.63) is 59.7 Å². The summed E-state index contributed by atoms with van der Waals surface area (Å²) in [6, 6.07) is 9.86. The van der Waals surface area contributed by atoms with Gasteiger partial charge >= 0.3 is 0 Å². The van der Waals surface area contributed by atoms with Gasteiger partial charge in [0, 0.05) is 19.0 Å². The molecule has 0 aromatic heterocycles. The Morgan fingerprint density at radius 3 is 2.67 bits per heavy atom. The highest BCUT2D eigenvalue weighted by Gasteiger charge is 2.16. The molecule has 0 aliphatic rings. The summed E-state index contributed by atoms with van der Waals surface area (Å²) >= 11 is 0. The molecule has 27 heavy (non-hydrogen) atoms. The van der Waals surface area contributed by atoms with Gasteiger partial charge in [0.25, 0.3) is 5.91 Å². The fourth-order valence-electron chi connectivity index (χ4n) is 2.19. The van der Waals surface area contributed by atoms with E-state index in [1.165, 1.54) is 0 Å². The number of ether oxygens (including phenoxy) is 1. The highest BCUT2D eigenvalue weighted by molar-refractivity contribution is 5.91. The lowest BCUT2D eigenvalue weighted by Gasteiger charge is -2.14. The van der Waals surface area contributed by atoms with Crippen molar-refractivity contribution >= 4 is 17.5 Å². The fraction of sp³-hybridized carbons (Fsp3) is 0.263. The van der Waals surface area contributed by atoms with E-state index in [0.717, 1.165) is 23.8 Å². The minimum Gasteiger partial charge on any atom is -0.490 e. The number of hydrogen-bond acceptors (Lipinski definition) is 4. The lowest BCUT2D eigenvalue weighted by atomic mass is 10.2. The number of nitrogens with one attached hydrogen (secondary N) is 2. The third-order valence-corrected chi connectivity index (χ3v) is 3.65. The minimum atomic E-state index is -1.41. The molecule has 1 atom stereocenters. The molecule has 2 aromatic carbocycles. The summed E-state index contributed by atoms with van der Waals surface area (Å²) < 4.78 is 31.9. The van der Waals surface area contributed by atoms with Gasteiger partial charge in [0.15, 0.2) is 6.10 Å². The van der Waals surface area contributed by atoms with Crippen molar-refractivity contribution in [2.75, 3.05) is 18.5 Å². The van der Waals surface area contributed by atoms with E-state index in [1.54, 1.807) is 12.1 Å². The van der Waals surface area contributed by atoms with Crippen LogP contribution in [0.5, 0.6) is 5.75 Å². The number of aliphatic hydroxyl groups is 1. The number of anilines is 1. The SMILES string of the molecule is Cc1ccccc1OCC(O)C(=O)NCCC(=O)Nc1cc(F)ccc1F. The molecule has 1 unspecified atom stereocenters. The van der Waals surface area contributed by atoms with Crippen molar-refractivity contribution in [1.29, 1.82) is 0 Å². The van der Waals surface area contributed by atoms with Gasteiger partial charge in [-0.3, -0.25) is 9.59 Å². The van der Waals surface area contributed by atoms with E-state index in [2.05, 4.69) is 10.6 Å². The Bertz CT molecular complexity index is 814. The van der Waals surface area contributed by atoms with Crippen molar-refractivity contribution in [2.45, 2.75) is 19.4 Å². The van der Waals surface area contributed by atoms with Crippen molar-refractivity contribution < 1.29 is 28.2 Å². The molecule has 0 spiro atoms. The summed E-state index contributed by atoms with van der Waals surface area (Å²) in [4.78, 5) is 23.5. The largest absolute Gasteiger partial charge is 0.490 e. The Kier molecular flexibility index (Phi) is 7.25. The highest BCUT2D eigenvalue weighted by atomic mass is 19.1. The number of hydrogen-bond donors (Lipinski definition) is 3. The van der Waals surface area contributed by atoms with Crippen LogP contribution in [0.4, 0.5) is 14.5 Å². The van der Waals surface area contributed by atoms with Crippen LogP contribution in [0, 0.1) is 18.6 Å². The predicted octanol–water partition coefficient (Wildman–Crippen LogP) is 2.16. The third kappa shape index (κ3) is 6.34. The average molecular weight is 378 g/mol. The molecule has 3 N–H and O–H groups in total. The summed E-state index contributed by atoms with van der Waals surface area (Å²) in [7, 11) is 0. The van der Waals surface area contributed by atoms with Gasteiger partial charge in [-0.2, -0.15) is 0 Å². The Morgan fingerprint density at radius 1 is 1.19 bits per heavy atom. The second-order valence-corrected chi connectivity index (χ2v) is 5.81. The Balaban J connectivity index is 1.72. The van der Waals surface area contributed by atoms with Gasteiger partial charge < -0.3 is 20.5 Å². The van der Waals surface area contributed by atoms with Crippen molar-refractivity contribution in [1.82, 2.24) is 5.32 Å². The maximum Gasteiger partial charge on any atom is 0.252 e. The standard InChI is InChI=1S/C19H20F2N2O4/c1-12-4-2-3-5-17(12)27-11-16(24)19(26)22-9-8-18(25)23-15-10-13(20)6-7-14(15)21/h2-7,10,16,24H,8-9,11H2,1H3,(H,22,26)(H,23,25). The van der Waals surface area contributed by atoms with E-state index in [1.807, 2.05) is 19.1 Å². The molecule has 2 aromatic rings. The molecular weight excluding hydrogens is 358 g/mol. The zero-order chi connectivity index (χ0) is 19.8. The summed E-state index contributed by atoms with van der Waals surface area (Å²) in [6.45, 7) is 1.52. The van der Waals surface area contributed by atoms with Gasteiger partial charge in [0.1, 0.15) is 24.0 Å². The first kappa shape index (κ1) is 20.3. The van der Waals surface area contributed by atoms with E-state index >= 15 is 0 Å². The molecule has 0 heterocycles. The van der Waals surface area contributed by atoms with Crippen molar-refractivity contribution in [3.63, 3.8) is 0 Å². The van der Waals surface area contributed by atoms with Gasteiger partial charge in [-0.15, -0.1) is 0 Å². The number of carbonyl (C=O) groups excluding carboxylic acids is 2. The Hall–Kier alpha value is -3.00. The van der Waals surface area contributed by atoms with E-state index in [9.17, 15) is 23.5 Å². The van der Waals surface area contributed by atoms with Crippen LogP contribution in [0.2, 0.25) is 0 Å². The fourth-order valence-corrected chi connectivity index (χ4v) is 2.19. The van der Waals surface area contributed by atoms with E-state index < -0.39 is 29.6 Å². The topological polar surface area (TPSA) is 87.7 Å². The van der Waals surface area contributed by atoms with Crippen LogP contribution >= 0.6 is 0 Å². The lowest BCUT2D eigenvalue weighted by Crippen LogP contribution is -2.39. The molecule has 0 aliphatic heterocycles. The first-order valence-electron chi connectivity index (χ1n) is 8.26. The summed E-state index contributed by atoms with van der Waals surface area (Å²) in [6.07, 6.45) is -1.58. The maximum atomic E-state index is 13.4. The number of benzene rings is 2. The first-order chi connectivity index (χ1) is 12.9. The molecule has 0 saturated carbocycles. The molecule has 6 nitrogen and oxygen atoms in total. The predicted molar refractivity (Wildman–Crippen MR) is 95.3 cm³/mol. The molecule has 0 aliphatic carbocycles. The smallest absolute Gasteiger partial charge is 0.252 e. The second kappa shape index (κ2) is 9.63. The Morgan fingerprint density at radius 2 is 1.93 bits per heavy atom. The van der Waals surface area contributed by atoms with Gasteiger partial charge in [-0.05, 0) is 30.7 Å². The van der Waals surface area contributed by atoms with Gasteiger partial charge in [-0.1, -0.05) is 18.2 Å². The molecule has 0 radical (unpaired) electrons. The van der Waals surface area contributed by atoms with Crippen molar-refractivity contribution in [2.24, 2.45) is 0 Å². The monoisotopic (exact) mass is 378 g/mol. The minimum absolute atomic E-state index is 0.0803. The molecule has 144 valence electrons.